The van der Waals surface area contributed by atoms with Gasteiger partial charge >= 0.3 is 5.97 Å². The molecule has 0 radical (unpaired) electrons. The minimum atomic E-state index is -3.39. The molecular formula is C24H30N2O5S2. The van der Waals surface area contributed by atoms with Crippen LogP contribution in [0, 0.1) is 25.2 Å². The quantitative estimate of drug-likeness (QED) is 0.306. The molecule has 1 aromatic heterocycles. The molecule has 0 bridgehead atoms. The second-order valence-electron chi connectivity index (χ2n) is 7.74. The molecule has 0 saturated heterocycles. The minimum absolute atomic E-state index is 0.0259. The summed E-state index contributed by atoms with van der Waals surface area (Å²) in [6, 6.07) is 13.4. The number of carbonyl (C=O) groups excluding carboxylic acids is 1. The molecule has 0 fully saturated rings. The first-order valence-corrected chi connectivity index (χ1v) is 13.6. The van der Waals surface area contributed by atoms with Crippen molar-refractivity contribution in [2.45, 2.75) is 51.3 Å². The van der Waals surface area contributed by atoms with Crippen LogP contribution in [-0.4, -0.2) is 49.3 Å². The molecule has 0 N–H and O–H groups in total. The van der Waals surface area contributed by atoms with E-state index in [1.807, 2.05) is 57.2 Å². The van der Waals surface area contributed by atoms with E-state index in [2.05, 4.69) is 11.1 Å². The van der Waals surface area contributed by atoms with Gasteiger partial charge in [0.25, 0.3) is 0 Å². The van der Waals surface area contributed by atoms with Gasteiger partial charge in [0, 0.05) is 5.69 Å². The van der Waals surface area contributed by atoms with Crippen LogP contribution in [0.15, 0.2) is 41.4 Å². The van der Waals surface area contributed by atoms with Crippen LogP contribution in [0.2, 0.25) is 0 Å². The zero-order chi connectivity index (χ0) is 24.3. The lowest BCUT2D eigenvalue weighted by Crippen LogP contribution is -2.32. The zero-order valence-corrected chi connectivity index (χ0v) is 20.9. The lowest BCUT2D eigenvalue weighted by Gasteiger charge is -2.18. The number of benzene rings is 1. The summed E-state index contributed by atoms with van der Waals surface area (Å²) in [7, 11) is -3.39. The number of unbranched alkanes of at least 4 members (excludes halogenated alkanes) is 1. The molecule has 1 atom stereocenters. The molecule has 2 aromatic rings. The molecule has 178 valence electrons. The molecule has 0 aliphatic rings. The summed E-state index contributed by atoms with van der Waals surface area (Å²) >= 11 is 1.10. The third-order valence-corrected chi connectivity index (χ3v) is 7.45. The predicted molar refractivity (Wildman–Crippen MR) is 129 cm³/mol. The SMILES string of the molecule is CCCCS(=O)(=O)CC(COCc1ccccc1)OC(=O)CSc1nc(C)cc(C)c1C#N. The molecule has 33 heavy (non-hydrogen) atoms. The van der Waals surface area contributed by atoms with Crippen molar-refractivity contribution >= 4 is 27.6 Å². The highest BCUT2D eigenvalue weighted by atomic mass is 32.2. The topological polar surface area (TPSA) is 106 Å². The highest BCUT2D eigenvalue weighted by Gasteiger charge is 2.23. The van der Waals surface area contributed by atoms with E-state index in [0.717, 1.165) is 35.0 Å². The Labute approximate surface area is 200 Å². The summed E-state index contributed by atoms with van der Waals surface area (Å²) < 4.78 is 36.1. The Balaban J connectivity index is 2.01. The maximum Gasteiger partial charge on any atom is 0.316 e. The standard InChI is InChI=1S/C24H30N2O5S2/c1-4-5-11-33(28,29)17-21(15-30-14-20-9-7-6-8-10-20)31-23(27)16-32-24-22(13-25)18(2)12-19(3)26-24/h6-10,12,21H,4-5,11,14-17H2,1-3H3. The second-order valence-corrected chi connectivity index (χ2v) is 10.9. The van der Waals surface area contributed by atoms with Crippen molar-refractivity contribution in [1.82, 2.24) is 4.98 Å². The molecule has 2 rings (SSSR count). The van der Waals surface area contributed by atoms with Gasteiger partial charge in [-0.3, -0.25) is 4.79 Å². The van der Waals surface area contributed by atoms with Crippen molar-refractivity contribution in [1.29, 1.82) is 5.26 Å². The van der Waals surface area contributed by atoms with Crippen LogP contribution in [0.25, 0.3) is 0 Å². The third kappa shape index (κ3) is 9.54. The van der Waals surface area contributed by atoms with Crippen LogP contribution in [-0.2, 0) is 30.7 Å². The molecule has 1 unspecified atom stereocenters. The number of hydrogen-bond donors (Lipinski definition) is 0. The number of aromatic nitrogens is 1. The van der Waals surface area contributed by atoms with E-state index in [0.29, 0.717) is 17.0 Å². The zero-order valence-electron chi connectivity index (χ0n) is 19.2. The summed E-state index contributed by atoms with van der Waals surface area (Å²) in [5, 5.41) is 9.85. The van der Waals surface area contributed by atoms with E-state index in [9.17, 15) is 18.5 Å². The van der Waals surface area contributed by atoms with Gasteiger partial charge in [-0.25, -0.2) is 13.4 Å². The number of pyridine rings is 1. The van der Waals surface area contributed by atoms with Crippen LogP contribution in [0.1, 0.15) is 42.1 Å². The monoisotopic (exact) mass is 490 g/mol. The summed E-state index contributed by atoms with van der Waals surface area (Å²) in [5.41, 5.74) is 2.90. The molecule has 0 saturated carbocycles. The number of sulfone groups is 1. The Morgan fingerprint density at radius 3 is 2.64 bits per heavy atom. The number of rotatable bonds is 13. The highest BCUT2D eigenvalue weighted by Crippen LogP contribution is 2.24. The van der Waals surface area contributed by atoms with Crippen molar-refractivity contribution in [2.75, 3.05) is 23.9 Å². The fraction of sp³-hybridized carbons (Fsp3) is 0.458. The summed E-state index contributed by atoms with van der Waals surface area (Å²) in [6.07, 6.45) is 0.403. The van der Waals surface area contributed by atoms with Crippen molar-refractivity contribution in [2.24, 2.45) is 0 Å². The van der Waals surface area contributed by atoms with Gasteiger partial charge in [-0.2, -0.15) is 5.26 Å². The second kappa shape index (κ2) is 13.3. The molecule has 7 nitrogen and oxygen atoms in total. The molecule has 1 heterocycles. The van der Waals surface area contributed by atoms with E-state index in [4.69, 9.17) is 9.47 Å². The largest absolute Gasteiger partial charge is 0.458 e. The normalized spacial score (nSPS) is 12.2. The van der Waals surface area contributed by atoms with Gasteiger partial charge < -0.3 is 9.47 Å². The molecule has 0 amide bonds. The Hall–Kier alpha value is -2.41. The van der Waals surface area contributed by atoms with Crippen LogP contribution in [0.4, 0.5) is 0 Å². The van der Waals surface area contributed by atoms with E-state index < -0.39 is 21.9 Å². The van der Waals surface area contributed by atoms with Crippen molar-refractivity contribution in [3.63, 3.8) is 0 Å². The average molecular weight is 491 g/mol. The van der Waals surface area contributed by atoms with Gasteiger partial charge in [0.15, 0.2) is 9.84 Å². The summed E-state index contributed by atoms with van der Waals surface area (Å²) in [6.45, 7) is 5.82. The van der Waals surface area contributed by atoms with Crippen LogP contribution < -0.4 is 0 Å². The van der Waals surface area contributed by atoms with Gasteiger partial charge in [-0.15, -0.1) is 0 Å². The van der Waals surface area contributed by atoms with Gasteiger partial charge in [0.05, 0.1) is 36.0 Å². The number of ether oxygens (including phenoxy) is 2. The fourth-order valence-corrected chi connectivity index (χ4v) is 5.63. The summed E-state index contributed by atoms with van der Waals surface area (Å²) in [4.78, 5) is 16.9. The van der Waals surface area contributed by atoms with E-state index in [1.54, 1.807) is 0 Å². The first kappa shape index (κ1) is 26.8. The maximum absolute atomic E-state index is 12.5. The van der Waals surface area contributed by atoms with Gasteiger partial charge in [-0.05, 0) is 37.5 Å². The Bertz CT molecular complexity index is 1070. The minimum Gasteiger partial charge on any atom is -0.458 e. The lowest BCUT2D eigenvalue weighted by atomic mass is 10.1. The Morgan fingerprint density at radius 1 is 1.24 bits per heavy atom. The highest BCUT2D eigenvalue weighted by molar-refractivity contribution is 7.99. The smallest absolute Gasteiger partial charge is 0.316 e. The Kier molecular flexibility index (Phi) is 10.8. The molecular weight excluding hydrogens is 460 g/mol. The molecule has 0 spiro atoms. The number of hydrogen-bond acceptors (Lipinski definition) is 8. The number of esters is 1. The van der Waals surface area contributed by atoms with E-state index in [-0.39, 0.29) is 30.5 Å². The number of nitrogens with zero attached hydrogens (tertiary/aromatic N) is 2. The van der Waals surface area contributed by atoms with E-state index in [1.165, 1.54) is 0 Å². The molecule has 1 aromatic carbocycles. The fourth-order valence-electron chi connectivity index (χ4n) is 3.12. The molecule has 0 aliphatic heterocycles. The lowest BCUT2D eigenvalue weighted by molar-refractivity contribution is -0.147. The number of nitriles is 1. The maximum atomic E-state index is 12.5. The van der Waals surface area contributed by atoms with Crippen molar-refractivity contribution < 1.29 is 22.7 Å². The summed E-state index contributed by atoms with van der Waals surface area (Å²) in [5.74, 6) is -0.912. The van der Waals surface area contributed by atoms with E-state index >= 15 is 0 Å². The first-order chi connectivity index (χ1) is 15.7. The van der Waals surface area contributed by atoms with Crippen molar-refractivity contribution in [3.05, 3.63) is 58.8 Å². The number of carbonyl (C=O) groups is 1. The van der Waals surface area contributed by atoms with Crippen LogP contribution in [0.5, 0.6) is 0 Å². The van der Waals surface area contributed by atoms with Gasteiger partial charge in [0.2, 0.25) is 0 Å². The van der Waals surface area contributed by atoms with Crippen molar-refractivity contribution in [3.8, 4) is 6.07 Å². The van der Waals surface area contributed by atoms with Crippen LogP contribution in [0.3, 0.4) is 0 Å². The molecule has 0 aliphatic carbocycles. The average Bonchev–Trinajstić information content (AvgIpc) is 2.76. The number of thioether (sulfide) groups is 1. The predicted octanol–water partition coefficient (Wildman–Crippen LogP) is 4.01. The molecule has 9 heteroatoms. The van der Waals surface area contributed by atoms with Gasteiger partial charge in [-0.1, -0.05) is 55.4 Å². The van der Waals surface area contributed by atoms with Crippen LogP contribution >= 0.6 is 11.8 Å². The van der Waals surface area contributed by atoms with Gasteiger partial charge in [0.1, 0.15) is 17.2 Å². The third-order valence-electron chi connectivity index (χ3n) is 4.71. The Morgan fingerprint density at radius 2 is 1.97 bits per heavy atom. The first-order valence-electron chi connectivity index (χ1n) is 10.8. The number of aryl methyl sites for hydroxylation is 2.